The van der Waals surface area contributed by atoms with Crippen LogP contribution in [0.5, 0.6) is 0 Å². The SMILES string of the molecule is O=C1CC[C@@H](CNS(=O)(=O)c2ccc([N+](=O)[O-])cc2)N1. The fourth-order valence-electron chi connectivity index (χ4n) is 1.87. The molecular weight excluding hydrogens is 286 g/mol. The van der Waals surface area contributed by atoms with Crippen LogP contribution in [0.15, 0.2) is 29.2 Å². The van der Waals surface area contributed by atoms with E-state index in [-0.39, 0.29) is 29.1 Å². The summed E-state index contributed by atoms with van der Waals surface area (Å²) in [6.07, 6.45) is 0.978. The Morgan fingerprint density at radius 3 is 2.50 bits per heavy atom. The number of non-ortho nitro benzene ring substituents is 1. The fourth-order valence-corrected chi connectivity index (χ4v) is 2.95. The molecule has 0 spiro atoms. The van der Waals surface area contributed by atoms with Gasteiger partial charge in [-0.25, -0.2) is 13.1 Å². The summed E-state index contributed by atoms with van der Waals surface area (Å²) in [6.45, 7) is 0.102. The Kier molecular flexibility index (Phi) is 4.00. The molecule has 1 aliphatic heterocycles. The molecule has 0 radical (unpaired) electrons. The number of amides is 1. The van der Waals surface area contributed by atoms with Crippen molar-refractivity contribution in [1.29, 1.82) is 0 Å². The summed E-state index contributed by atoms with van der Waals surface area (Å²) in [5, 5.41) is 13.1. The molecule has 1 aromatic rings. The fraction of sp³-hybridized carbons (Fsp3) is 0.364. The molecule has 0 aliphatic carbocycles. The second-order valence-electron chi connectivity index (χ2n) is 4.41. The lowest BCUT2D eigenvalue weighted by Gasteiger charge is -2.11. The number of carbonyl (C=O) groups is 1. The van der Waals surface area contributed by atoms with Crippen molar-refractivity contribution in [2.24, 2.45) is 0 Å². The smallest absolute Gasteiger partial charge is 0.269 e. The van der Waals surface area contributed by atoms with Gasteiger partial charge in [0.2, 0.25) is 15.9 Å². The highest BCUT2D eigenvalue weighted by Crippen LogP contribution is 2.16. The number of nitro benzene ring substituents is 1. The number of benzene rings is 1. The first kappa shape index (κ1) is 14.4. The maximum absolute atomic E-state index is 12.0. The lowest BCUT2D eigenvalue weighted by atomic mass is 10.2. The van der Waals surface area contributed by atoms with Crippen molar-refractivity contribution in [3.05, 3.63) is 34.4 Å². The predicted molar refractivity (Wildman–Crippen MR) is 69.4 cm³/mol. The zero-order valence-corrected chi connectivity index (χ0v) is 11.2. The summed E-state index contributed by atoms with van der Waals surface area (Å²) in [6, 6.07) is 4.40. The van der Waals surface area contributed by atoms with Crippen LogP contribution in [0.1, 0.15) is 12.8 Å². The van der Waals surface area contributed by atoms with Gasteiger partial charge in [0.15, 0.2) is 0 Å². The van der Waals surface area contributed by atoms with E-state index in [1.807, 2.05) is 0 Å². The number of sulfonamides is 1. The topological polar surface area (TPSA) is 118 Å². The van der Waals surface area contributed by atoms with E-state index in [4.69, 9.17) is 0 Å². The van der Waals surface area contributed by atoms with E-state index in [2.05, 4.69) is 10.0 Å². The molecule has 1 aliphatic rings. The summed E-state index contributed by atoms with van der Waals surface area (Å²) < 4.78 is 26.3. The number of nitrogens with zero attached hydrogens (tertiary/aromatic N) is 1. The molecule has 1 heterocycles. The third-order valence-electron chi connectivity index (χ3n) is 2.96. The molecule has 0 unspecified atom stereocenters. The minimum absolute atomic E-state index is 0.0487. The molecule has 0 bridgehead atoms. The number of rotatable bonds is 5. The Labute approximate surface area is 115 Å². The normalized spacial score (nSPS) is 18.8. The molecule has 108 valence electrons. The summed E-state index contributed by atoms with van der Waals surface area (Å²) in [7, 11) is -3.73. The molecule has 0 saturated carbocycles. The Bertz CT molecular complexity index is 626. The third kappa shape index (κ3) is 3.31. The highest BCUT2D eigenvalue weighted by Gasteiger charge is 2.23. The first-order valence-electron chi connectivity index (χ1n) is 5.92. The van der Waals surface area contributed by atoms with E-state index in [9.17, 15) is 23.3 Å². The zero-order valence-electron chi connectivity index (χ0n) is 10.4. The maximum Gasteiger partial charge on any atom is 0.269 e. The second-order valence-corrected chi connectivity index (χ2v) is 6.17. The number of nitrogens with one attached hydrogen (secondary N) is 2. The molecule has 1 aromatic carbocycles. The van der Waals surface area contributed by atoms with Crippen molar-refractivity contribution in [2.45, 2.75) is 23.8 Å². The summed E-state index contributed by atoms with van der Waals surface area (Å²) >= 11 is 0. The van der Waals surface area contributed by atoms with Crippen LogP contribution in [-0.2, 0) is 14.8 Å². The summed E-state index contributed by atoms with van der Waals surface area (Å²) in [5.74, 6) is -0.0930. The molecule has 8 nitrogen and oxygen atoms in total. The molecule has 1 amide bonds. The first-order chi connectivity index (χ1) is 9.38. The van der Waals surface area contributed by atoms with E-state index in [1.54, 1.807) is 0 Å². The van der Waals surface area contributed by atoms with Gasteiger partial charge in [-0.3, -0.25) is 14.9 Å². The van der Waals surface area contributed by atoms with Gasteiger partial charge < -0.3 is 5.32 Å². The molecule has 0 aromatic heterocycles. The molecule has 2 rings (SSSR count). The number of nitro groups is 1. The Balaban J connectivity index is 2.02. The van der Waals surface area contributed by atoms with Crippen LogP contribution in [0.25, 0.3) is 0 Å². The van der Waals surface area contributed by atoms with E-state index in [1.165, 1.54) is 12.1 Å². The molecule has 1 saturated heterocycles. The monoisotopic (exact) mass is 299 g/mol. The van der Waals surface area contributed by atoms with Gasteiger partial charge >= 0.3 is 0 Å². The van der Waals surface area contributed by atoms with E-state index >= 15 is 0 Å². The number of hydrogen-bond donors (Lipinski definition) is 2. The highest BCUT2D eigenvalue weighted by atomic mass is 32.2. The van der Waals surface area contributed by atoms with Gasteiger partial charge in [-0.2, -0.15) is 0 Å². The van der Waals surface area contributed by atoms with Crippen LogP contribution in [-0.4, -0.2) is 31.8 Å². The first-order valence-corrected chi connectivity index (χ1v) is 7.40. The van der Waals surface area contributed by atoms with Crippen molar-refractivity contribution in [3.63, 3.8) is 0 Å². The van der Waals surface area contributed by atoms with E-state index in [0.29, 0.717) is 12.8 Å². The third-order valence-corrected chi connectivity index (χ3v) is 4.40. The van der Waals surface area contributed by atoms with Crippen molar-refractivity contribution >= 4 is 21.6 Å². The number of carbonyl (C=O) groups excluding carboxylic acids is 1. The van der Waals surface area contributed by atoms with Crippen LogP contribution in [0, 0.1) is 10.1 Å². The van der Waals surface area contributed by atoms with Crippen molar-refractivity contribution in [2.75, 3.05) is 6.54 Å². The number of hydrogen-bond acceptors (Lipinski definition) is 5. The van der Waals surface area contributed by atoms with E-state index in [0.717, 1.165) is 12.1 Å². The lowest BCUT2D eigenvalue weighted by molar-refractivity contribution is -0.384. The standard InChI is InChI=1S/C11H13N3O5S/c15-11-6-1-8(13-11)7-12-20(18,19)10-4-2-9(3-5-10)14(16)17/h2-5,8,12H,1,6-7H2,(H,13,15)/t8-/m0/s1. The second kappa shape index (κ2) is 5.55. The van der Waals surface area contributed by atoms with Gasteiger partial charge in [-0.1, -0.05) is 0 Å². The minimum atomic E-state index is -3.73. The molecular formula is C11H13N3O5S. The Morgan fingerprint density at radius 1 is 1.35 bits per heavy atom. The molecule has 1 atom stereocenters. The van der Waals surface area contributed by atoms with Crippen LogP contribution >= 0.6 is 0 Å². The van der Waals surface area contributed by atoms with Crippen molar-refractivity contribution < 1.29 is 18.1 Å². The highest BCUT2D eigenvalue weighted by molar-refractivity contribution is 7.89. The largest absolute Gasteiger partial charge is 0.352 e. The van der Waals surface area contributed by atoms with Crippen LogP contribution in [0.3, 0.4) is 0 Å². The Hall–Kier alpha value is -2.00. The molecule has 1 fully saturated rings. The molecule has 20 heavy (non-hydrogen) atoms. The van der Waals surface area contributed by atoms with Crippen molar-refractivity contribution in [1.82, 2.24) is 10.0 Å². The summed E-state index contributed by atoms with van der Waals surface area (Å²) in [4.78, 5) is 20.8. The zero-order chi connectivity index (χ0) is 14.8. The lowest BCUT2D eigenvalue weighted by Crippen LogP contribution is -2.38. The van der Waals surface area contributed by atoms with Crippen molar-refractivity contribution in [3.8, 4) is 0 Å². The quantitative estimate of drug-likeness (QED) is 0.592. The molecule has 2 N–H and O–H groups in total. The van der Waals surface area contributed by atoms with Crippen LogP contribution < -0.4 is 10.0 Å². The van der Waals surface area contributed by atoms with Gasteiger partial charge in [0, 0.05) is 31.1 Å². The average Bonchev–Trinajstić information content (AvgIpc) is 2.82. The van der Waals surface area contributed by atoms with Gasteiger partial charge in [-0.15, -0.1) is 0 Å². The van der Waals surface area contributed by atoms with E-state index < -0.39 is 14.9 Å². The maximum atomic E-state index is 12.0. The van der Waals surface area contributed by atoms with Gasteiger partial charge in [0.25, 0.3) is 5.69 Å². The average molecular weight is 299 g/mol. The Morgan fingerprint density at radius 2 is 2.00 bits per heavy atom. The van der Waals surface area contributed by atoms with Crippen LogP contribution in [0.2, 0.25) is 0 Å². The molecule has 9 heteroatoms. The van der Waals surface area contributed by atoms with Gasteiger partial charge in [0.05, 0.1) is 9.82 Å². The predicted octanol–water partition coefficient (Wildman–Crippen LogP) is 0.152. The summed E-state index contributed by atoms with van der Waals surface area (Å²) in [5.41, 5.74) is -0.174. The minimum Gasteiger partial charge on any atom is -0.352 e. The van der Waals surface area contributed by atoms with Gasteiger partial charge in [0.1, 0.15) is 0 Å². The van der Waals surface area contributed by atoms with Gasteiger partial charge in [-0.05, 0) is 18.6 Å². The van der Waals surface area contributed by atoms with Crippen LogP contribution in [0.4, 0.5) is 5.69 Å².